The number of aryl methyl sites for hydroxylation is 1. The number of rotatable bonds is 7. The van der Waals surface area contributed by atoms with Crippen molar-refractivity contribution < 1.29 is 18.7 Å². The van der Waals surface area contributed by atoms with Gasteiger partial charge in [-0.2, -0.15) is 0 Å². The quantitative estimate of drug-likeness (QED) is 0.527. The van der Waals surface area contributed by atoms with E-state index in [-0.39, 0.29) is 11.7 Å². The molecule has 1 amide bonds. The summed E-state index contributed by atoms with van der Waals surface area (Å²) in [6, 6.07) is 15.2. The van der Waals surface area contributed by atoms with E-state index in [4.69, 9.17) is 9.15 Å². The van der Waals surface area contributed by atoms with Crippen LogP contribution in [0.5, 0.6) is 5.75 Å². The summed E-state index contributed by atoms with van der Waals surface area (Å²) >= 11 is 0. The molecule has 0 atom stereocenters. The smallest absolute Gasteiger partial charge is 0.223 e. The van der Waals surface area contributed by atoms with Crippen LogP contribution in [-0.4, -0.2) is 54.9 Å². The number of ether oxygens (including phenoxy) is 1. The lowest BCUT2D eigenvalue weighted by Crippen LogP contribution is -2.48. The highest BCUT2D eigenvalue weighted by Crippen LogP contribution is 2.24. The molecule has 0 spiro atoms. The number of oxazole rings is 1. The largest absolute Gasteiger partial charge is 0.497 e. The SMILES string of the molecule is COc1ccc(-c2cnc(CCC(=O)N3CCN(c4ccc(C(C)=O)cc4)CC3)o2)cc1. The Balaban J connectivity index is 1.26. The summed E-state index contributed by atoms with van der Waals surface area (Å²) in [7, 11) is 1.63. The van der Waals surface area contributed by atoms with Gasteiger partial charge in [0.15, 0.2) is 17.4 Å². The summed E-state index contributed by atoms with van der Waals surface area (Å²) in [5.41, 5.74) is 2.71. The topological polar surface area (TPSA) is 75.9 Å². The number of anilines is 1. The maximum absolute atomic E-state index is 12.7. The van der Waals surface area contributed by atoms with Crippen LogP contribution in [0.4, 0.5) is 5.69 Å². The number of aromatic nitrogens is 1. The Kier molecular flexibility index (Phi) is 6.54. The van der Waals surface area contributed by atoms with Crippen LogP contribution >= 0.6 is 0 Å². The van der Waals surface area contributed by atoms with Gasteiger partial charge < -0.3 is 19.0 Å². The zero-order chi connectivity index (χ0) is 22.5. The molecule has 2 heterocycles. The van der Waals surface area contributed by atoms with E-state index in [0.29, 0.717) is 43.1 Å². The van der Waals surface area contributed by atoms with Crippen LogP contribution in [0.1, 0.15) is 29.6 Å². The van der Waals surface area contributed by atoms with Crippen LogP contribution in [0.2, 0.25) is 0 Å². The first kappa shape index (κ1) is 21.6. The maximum atomic E-state index is 12.7. The molecule has 1 fully saturated rings. The minimum atomic E-state index is 0.0640. The predicted octanol–water partition coefficient (Wildman–Crippen LogP) is 3.83. The summed E-state index contributed by atoms with van der Waals surface area (Å²) in [4.78, 5) is 32.6. The van der Waals surface area contributed by atoms with Gasteiger partial charge in [0.2, 0.25) is 5.91 Å². The van der Waals surface area contributed by atoms with E-state index in [1.165, 1.54) is 0 Å². The van der Waals surface area contributed by atoms with Crippen molar-refractivity contribution in [2.24, 2.45) is 0 Å². The van der Waals surface area contributed by atoms with Gasteiger partial charge in [0.05, 0.1) is 13.3 Å². The van der Waals surface area contributed by atoms with Crippen molar-refractivity contribution in [3.8, 4) is 17.1 Å². The Labute approximate surface area is 187 Å². The molecule has 0 aliphatic carbocycles. The lowest BCUT2D eigenvalue weighted by atomic mass is 10.1. The van der Waals surface area contributed by atoms with Crippen molar-refractivity contribution in [2.45, 2.75) is 19.8 Å². The van der Waals surface area contributed by atoms with Crippen LogP contribution in [0.3, 0.4) is 0 Å². The lowest BCUT2D eigenvalue weighted by Gasteiger charge is -2.36. The fourth-order valence-electron chi connectivity index (χ4n) is 3.81. The van der Waals surface area contributed by atoms with Gasteiger partial charge in [-0.05, 0) is 55.5 Å². The van der Waals surface area contributed by atoms with Crippen molar-refractivity contribution in [1.29, 1.82) is 0 Å². The second kappa shape index (κ2) is 9.68. The summed E-state index contributed by atoms with van der Waals surface area (Å²) in [5.74, 6) is 2.20. The Bertz CT molecular complexity index is 1070. The van der Waals surface area contributed by atoms with Crippen LogP contribution in [0.25, 0.3) is 11.3 Å². The Morgan fingerprint density at radius 3 is 2.31 bits per heavy atom. The molecule has 0 radical (unpaired) electrons. The predicted molar refractivity (Wildman–Crippen MR) is 122 cm³/mol. The first-order valence-corrected chi connectivity index (χ1v) is 10.8. The molecule has 166 valence electrons. The molecular weight excluding hydrogens is 406 g/mol. The molecule has 7 nitrogen and oxygen atoms in total. The highest BCUT2D eigenvalue weighted by molar-refractivity contribution is 5.94. The zero-order valence-electron chi connectivity index (χ0n) is 18.4. The summed E-state index contributed by atoms with van der Waals surface area (Å²) in [5, 5.41) is 0. The molecule has 0 N–H and O–H groups in total. The molecule has 0 saturated carbocycles. The fraction of sp³-hybridized carbons (Fsp3) is 0.320. The van der Waals surface area contributed by atoms with E-state index in [2.05, 4.69) is 9.88 Å². The number of Topliss-reactive ketones (excluding diaryl/α,β-unsaturated/α-hetero) is 1. The van der Waals surface area contributed by atoms with Gasteiger partial charge in [-0.3, -0.25) is 9.59 Å². The highest BCUT2D eigenvalue weighted by Gasteiger charge is 2.22. The first-order chi connectivity index (χ1) is 15.5. The monoisotopic (exact) mass is 433 g/mol. The third-order valence-corrected chi connectivity index (χ3v) is 5.75. The Morgan fingerprint density at radius 1 is 1.00 bits per heavy atom. The number of ketones is 1. The average Bonchev–Trinajstić information content (AvgIpc) is 3.32. The van der Waals surface area contributed by atoms with E-state index in [0.717, 1.165) is 30.1 Å². The number of nitrogens with zero attached hydrogens (tertiary/aromatic N) is 3. The van der Waals surface area contributed by atoms with E-state index >= 15 is 0 Å². The summed E-state index contributed by atoms with van der Waals surface area (Å²) in [6.07, 6.45) is 2.54. The number of hydrogen-bond donors (Lipinski definition) is 0. The average molecular weight is 434 g/mol. The maximum Gasteiger partial charge on any atom is 0.223 e. The standard InChI is InChI=1S/C25H27N3O4/c1-18(29)19-3-7-21(8-4-19)27-13-15-28(16-14-27)25(30)12-11-24-26-17-23(32-24)20-5-9-22(31-2)10-6-20/h3-10,17H,11-16H2,1-2H3. The zero-order valence-corrected chi connectivity index (χ0v) is 18.4. The van der Waals surface area contributed by atoms with E-state index in [1.54, 1.807) is 20.2 Å². The minimum Gasteiger partial charge on any atom is -0.497 e. The number of piperazine rings is 1. The molecule has 1 aliphatic heterocycles. The normalized spacial score (nSPS) is 13.8. The van der Waals surface area contributed by atoms with Gasteiger partial charge in [0.1, 0.15) is 5.75 Å². The Hall–Kier alpha value is -3.61. The van der Waals surface area contributed by atoms with Crippen LogP contribution < -0.4 is 9.64 Å². The molecule has 0 bridgehead atoms. The molecule has 2 aromatic carbocycles. The third kappa shape index (κ3) is 4.99. The first-order valence-electron chi connectivity index (χ1n) is 10.8. The molecule has 0 unspecified atom stereocenters. The second-order valence-corrected chi connectivity index (χ2v) is 7.82. The van der Waals surface area contributed by atoms with Gasteiger partial charge in [-0.15, -0.1) is 0 Å². The van der Waals surface area contributed by atoms with Crippen molar-refractivity contribution in [2.75, 3.05) is 38.2 Å². The highest BCUT2D eigenvalue weighted by atomic mass is 16.5. The van der Waals surface area contributed by atoms with E-state index in [9.17, 15) is 9.59 Å². The van der Waals surface area contributed by atoms with E-state index < -0.39 is 0 Å². The van der Waals surface area contributed by atoms with Gasteiger partial charge >= 0.3 is 0 Å². The van der Waals surface area contributed by atoms with Gasteiger partial charge in [0, 0.05) is 55.8 Å². The van der Waals surface area contributed by atoms with Crippen molar-refractivity contribution >= 4 is 17.4 Å². The Morgan fingerprint density at radius 2 is 1.69 bits per heavy atom. The molecule has 3 aromatic rings. The third-order valence-electron chi connectivity index (χ3n) is 5.75. The van der Waals surface area contributed by atoms with Crippen molar-refractivity contribution in [3.05, 3.63) is 66.2 Å². The molecule has 1 aromatic heterocycles. The number of benzene rings is 2. The molecule has 32 heavy (non-hydrogen) atoms. The number of carbonyl (C=O) groups is 2. The number of hydrogen-bond acceptors (Lipinski definition) is 6. The fourth-order valence-corrected chi connectivity index (χ4v) is 3.81. The summed E-state index contributed by atoms with van der Waals surface area (Å²) in [6.45, 7) is 4.46. The second-order valence-electron chi connectivity index (χ2n) is 7.82. The van der Waals surface area contributed by atoms with Crippen LogP contribution in [0.15, 0.2) is 59.1 Å². The van der Waals surface area contributed by atoms with Gasteiger partial charge in [0.25, 0.3) is 0 Å². The number of amides is 1. The van der Waals surface area contributed by atoms with Crippen LogP contribution in [0, 0.1) is 0 Å². The molecule has 4 rings (SSSR count). The summed E-state index contributed by atoms with van der Waals surface area (Å²) < 4.78 is 11.0. The molecular formula is C25H27N3O4. The molecule has 1 aliphatic rings. The van der Waals surface area contributed by atoms with Crippen LogP contribution in [-0.2, 0) is 11.2 Å². The number of methoxy groups -OCH3 is 1. The molecule has 7 heteroatoms. The van der Waals surface area contributed by atoms with Gasteiger partial charge in [-0.1, -0.05) is 0 Å². The van der Waals surface area contributed by atoms with Crippen molar-refractivity contribution in [1.82, 2.24) is 9.88 Å². The number of carbonyl (C=O) groups excluding carboxylic acids is 2. The molecule has 1 saturated heterocycles. The minimum absolute atomic E-state index is 0.0640. The van der Waals surface area contributed by atoms with E-state index in [1.807, 2.05) is 53.4 Å². The lowest BCUT2D eigenvalue weighted by molar-refractivity contribution is -0.131. The van der Waals surface area contributed by atoms with Gasteiger partial charge in [-0.25, -0.2) is 4.98 Å². The van der Waals surface area contributed by atoms with Crippen molar-refractivity contribution in [3.63, 3.8) is 0 Å².